The third-order valence-electron chi connectivity index (χ3n) is 4.12. The minimum absolute atomic E-state index is 0.543. The Hall–Kier alpha value is -0.530. The second-order valence-corrected chi connectivity index (χ2v) is 5.69. The highest BCUT2D eigenvalue weighted by molar-refractivity contribution is 6.31. The Morgan fingerprint density at radius 2 is 2.25 bits per heavy atom. The van der Waals surface area contributed by atoms with Crippen molar-refractivity contribution in [1.29, 1.82) is 0 Å². The van der Waals surface area contributed by atoms with E-state index in [9.17, 15) is 0 Å². The van der Waals surface area contributed by atoms with Crippen LogP contribution in [0.4, 0.5) is 0 Å². The molecule has 0 bridgehead atoms. The Balaban J connectivity index is 1.69. The fraction of sp³-hybridized carbons (Fsp3) is 0.571. The summed E-state index contributed by atoms with van der Waals surface area (Å²) >= 11 is 6.21. The van der Waals surface area contributed by atoms with Crippen LogP contribution in [-0.4, -0.2) is 6.54 Å². The molecule has 86 valence electrons. The van der Waals surface area contributed by atoms with Crippen LogP contribution < -0.4 is 5.32 Å². The van der Waals surface area contributed by atoms with Crippen LogP contribution in [0.3, 0.4) is 0 Å². The summed E-state index contributed by atoms with van der Waals surface area (Å²) in [4.78, 5) is 0. The summed E-state index contributed by atoms with van der Waals surface area (Å²) in [6.45, 7) is 3.52. The molecule has 1 aromatic carbocycles. The Morgan fingerprint density at radius 1 is 1.44 bits per heavy atom. The van der Waals surface area contributed by atoms with Gasteiger partial charge in [0.2, 0.25) is 0 Å². The molecule has 2 heteroatoms. The maximum Gasteiger partial charge on any atom is 0.0441 e. The van der Waals surface area contributed by atoms with Gasteiger partial charge in [0.05, 0.1) is 0 Å². The number of nitrogens with one attached hydrogen (secondary N) is 1. The lowest BCUT2D eigenvalue weighted by molar-refractivity contribution is 0.502. The van der Waals surface area contributed by atoms with Gasteiger partial charge < -0.3 is 5.32 Å². The Labute approximate surface area is 102 Å². The number of fused-ring (bicyclic) bond motifs is 1. The van der Waals surface area contributed by atoms with Crippen molar-refractivity contribution >= 4 is 11.6 Å². The highest BCUT2D eigenvalue weighted by Crippen LogP contribution is 2.39. The van der Waals surface area contributed by atoms with Gasteiger partial charge in [-0.1, -0.05) is 30.7 Å². The third kappa shape index (κ3) is 1.87. The number of hydrogen-bond acceptors (Lipinski definition) is 1. The van der Waals surface area contributed by atoms with Gasteiger partial charge in [-0.3, -0.25) is 0 Å². The van der Waals surface area contributed by atoms with Crippen molar-refractivity contribution in [3.8, 4) is 0 Å². The molecule has 0 amide bonds. The average Bonchev–Trinajstić information content (AvgIpc) is 2.82. The van der Waals surface area contributed by atoms with Gasteiger partial charge in [0.25, 0.3) is 0 Å². The molecule has 0 spiro atoms. The first-order valence-electron chi connectivity index (χ1n) is 6.26. The largest absolute Gasteiger partial charge is 0.310 e. The molecule has 16 heavy (non-hydrogen) atoms. The first-order valence-corrected chi connectivity index (χ1v) is 6.64. The molecule has 0 saturated heterocycles. The summed E-state index contributed by atoms with van der Waals surface area (Å²) in [5.74, 6) is 1.86. The van der Waals surface area contributed by atoms with E-state index in [0.29, 0.717) is 6.04 Å². The van der Waals surface area contributed by atoms with Gasteiger partial charge in [-0.2, -0.15) is 0 Å². The number of halogens is 1. The van der Waals surface area contributed by atoms with E-state index in [4.69, 9.17) is 11.6 Å². The van der Waals surface area contributed by atoms with Crippen LogP contribution in [0.5, 0.6) is 0 Å². The van der Waals surface area contributed by atoms with Gasteiger partial charge in [-0.05, 0) is 54.8 Å². The SMILES string of the molecule is CC1CC1CNC1CCc2c(Cl)cccc21. The summed E-state index contributed by atoms with van der Waals surface area (Å²) in [5.41, 5.74) is 2.80. The van der Waals surface area contributed by atoms with E-state index < -0.39 is 0 Å². The normalized spacial score (nSPS) is 31.5. The Bertz CT molecular complexity index is 402. The predicted octanol–water partition coefficient (Wildman–Crippen LogP) is 3.57. The zero-order valence-electron chi connectivity index (χ0n) is 9.67. The zero-order chi connectivity index (χ0) is 11.1. The average molecular weight is 236 g/mol. The molecule has 2 aliphatic rings. The summed E-state index contributed by atoms with van der Waals surface area (Å²) in [5, 5.41) is 4.64. The maximum atomic E-state index is 6.21. The van der Waals surface area contributed by atoms with Crippen molar-refractivity contribution in [2.45, 2.75) is 32.2 Å². The van der Waals surface area contributed by atoms with Crippen molar-refractivity contribution in [3.63, 3.8) is 0 Å². The molecule has 3 atom stereocenters. The minimum Gasteiger partial charge on any atom is -0.310 e. The fourth-order valence-corrected chi connectivity index (χ4v) is 3.08. The minimum atomic E-state index is 0.543. The van der Waals surface area contributed by atoms with E-state index in [1.54, 1.807) is 0 Å². The summed E-state index contributed by atoms with van der Waals surface area (Å²) in [6, 6.07) is 6.84. The highest BCUT2D eigenvalue weighted by Gasteiger charge is 2.33. The van der Waals surface area contributed by atoms with Gasteiger partial charge in [0.1, 0.15) is 0 Å². The van der Waals surface area contributed by atoms with Gasteiger partial charge in [-0.15, -0.1) is 0 Å². The standard InChI is InChI=1S/C14H18ClN/c1-9-7-10(9)8-16-14-6-5-11-12(14)3-2-4-13(11)15/h2-4,9-10,14,16H,5-8H2,1H3. The second kappa shape index (κ2) is 4.05. The van der Waals surface area contributed by atoms with Crippen LogP contribution in [-0.2, 0) is 6.42 Å². The monoisotopic (exact) mass is 235 g/mol. The number of benzene rings is 1. The van der Waals surface area contributed by atoms with E-state index in [-0.39, 0.29) is 0 Å². The lowest BCUT2D eigenvalue weighted by Gasteiger charge is -2.14. The van der Waals surface area contributed by atoms with Crippen molar-refractivity contribution in [2.75, 3.05) is 6.54 Å². The lowest BCUT2D eigenvalue weighted by Crippen LogP contribution is -2.22. The molecule has 1 aromatic rings. The molecule has 1 saturated carbocycles. The van der Waals surface area contributed by atoms with E-state index in [0.717, 1.165) is 23.3 Å². The molecular formula is C14H18ClN. The van der Waals surface area contributed by atoms with Gasteiger partial charge in [0.15, 0.2) is 0 Å². The van der Waals surface area contributed by atoms with Gasteiger partial charge in [-0.25, -0.2) is 0 Å². The molecule has 0 aliphatic heterocycles. The first-order chi connectivity index (χ1) is 7.75. The van der Waals surface area contributed by atoms with Gasteiger partial charge in [0, 0.05) is 11.1 Å². The van der Waals surface area contributed by atoms with Crippen molar-refractivity contribution in [1.82, 2.24) is 5.32 Å². The quantitative estimate of drug-likeness (QED) is 0.845. The van der Waals surface area contributed by atoms with E-state index in [1.807, 2.05) is 6.07 Å². The van der Waals surface area contributed by atoms with Crippen LogP contribution in [0.25, 0.3) is 0 Å². The lowest BCUT2D eigenvalue weighted by atomic mass is 10.1. The molecule has 3 rings (SSSR count). The maximum absolute atomic E-state index is 6.21. The third-order valence-corrected chi connectivity index (χ3v) is 4.47. The van der Waals surface area contributed by atoms with E-state index >= 15 is 0 Å². The molecule has 1 nitrogen and oxygen atoms in total. The molecule has 2 aliphatic carbocycles. The predicted molar refractivity (Wildman–Crippen MR) is 67.8 cm³/mol. The number of hydrogen-bond donors (Lipinski definition) is 1. The zero-order valence-corrected chi connectivity index (χ0v) is 10.4. The second-order valence-electron chi connectivity index (χ2n) is 5.28. The molecular weight excluding hydrogens is 218 g/mol. The summed E-state index contributed by atoms with van der Waals surface area (Å²) in [7, 11) is 0. The van der Waals surface area contributed by atoms with Crippen LogP contribution in [0.1, 0.15) is 36.9 Å². The van der Waals surface area contributed by atoms with E-state index in [1.165, 1.54) is 30.5 Å². The van der Waals surface area contributed by atoms with E-state index in [2.05, 4.69) is 24.4 Å². The van der Waals surface area contributed by atoms with Gasteiger partial charge >= 0.3 is 0 Å². The number of rotatable bonds is 3. The van der Waals surface area contributed by atoms with Crippen molar-refractivity contribution < 1.29 is 0 Å². The fourth-order valence-electron chi connectivity index (χ4n) is 2.80. The molecule has 1 fully saturated rings. The smallest absolute Gasteiger partial charge is 0.0441 e. The summed E-state index contributed by atoms with van der Waals surface area (Å²) < 4.78 is 0. The van der Waals surface area contributed by atoms with Crippen molar-refractivity contribution in [3.05, 3.63) is 34.3 Å². The Morgan fingerprint density at radius 3 is 3.00 bits per heavy atom. The summed E-state index contributed by atoms with van der Waals surface area (Å²) in [6.07, 6.45) is 3.75. The van der Waals surface area contributed by atoms with Crippen LogP contribution in [0.15, 0.2) is 18.2 Å². The first kappa shape index (κ1) is 10.6. The van der Waals surface area contributed by atoms with Crippen LogP contribution in [0.2, 0.25) is 5.02 Å². The highest BCUT2D eigenvalue weighted by atomic mass is 35.5. The van der Waals surface area contributed by atoms with Crippen LogP contribution >= 0.6 is 11.6 Å². The topological polar surface area (TPSA) is 12.0 Å². The van der Waals surface area contributed by atoms with Crippen LogP contribution in [0, 0.1) is 11.8 Å². The van der Waals surface area contributed by atoms with Crippen molar-refractivity contribution in [2.24, 2.45) is 11.8 Å². The molecule has 0 radical (unpaired) electrons. The molecule has 0 aromatic heterocycles. The molecule has 1 N–H and O–H groups in total. The molecule has 3 unspecified atom stereocenters. The molecule has 0 heterocycles. The Kier molecular flexibility index (Phi) is 2.68.